The lowest BCUT2D eigenvalue weighted by Gasteiger charge is -2.10. The zero-order valence-corrected chi connectivity index (χ0v) is 11.1. The third-order valence-corrected chi connectivity index (χ3v) is 2.48. The van der Waals surface area contributed by atoms with E-state index in [1.54, 1.807) is 31.2 Å². The van der Waals surface area contributed by atoms with Crippen LogP contribution in [0.3, 0.4) is 0 Å². The van der Waals surface area contributed by atoms with Crippen LogP contribution < -0.4 is 9.47 Å². The predicted octanol–water partition coefficient (Wildman–Crippen LogP) is 3.11. The van der Waals surface area contributed by atoms with Crippen molar-refractivity contribution >= 4 is 11.6 Å². The fraction of sp³-hybridized carbons (Fsp3) is 0.154. The molecule has 2 aromatic rings. The van der Waals surface area contributed by atoms with Crippen LogP contribution in [0.5, 0.6) is 17.4 Å². The molecule has 0 N–H and O–H groups in total. The number of nitrogens with zero attached hydrogens (tertiary/aromatic N) is 3. The second kappa shape index (κ2) is 5.55. The maximum absolute atomic E-state index is 8.83. The molecular weight excluding hydrogens is 266 g/mol. The Labute approximate surface area is 115 Å². The molecule has 1 aromatic carbocycles. The van der Waals surface area contributed by atoms with Crippen LogP contribution in [0, 0.1) is 18.3 Å². The van der Waals surface area contributed by atoms with E-state index in [1.807, 2.05) is 6.07 Å². The van der Waals surface area contributed by atoms with Gasteiger partial charge in [0, 0.05) is 17.8 Å². The molecule has 6 heteroatoms. The molecule has 1 heterocycles. The number of aryl methyl sites for hydroxylation is 1. The van der Waals surface area contributed by atoms with Crippen LogP contribution in [-0.2, 0) is 0 Å². The summed E-state index contributed by atoms with van der Waals surface area (Å²) in [7, 11) is 1.50. The Bertz CT molecular complexity index is 633. The minimum atomic E-state index is 0.114. The standard InChI is InChI=1S/C13H10ClN3O2/c1-8-5-12(17-13(14)16-8)19-10-4-3-9(7-15)6-11(10)18-2/h3-6H,1-2H3. The van der Waals surface area contributed by atoms with Crippen molar-refractivity contribution in [3.8, 4) is 23.4 Å². The first-order valence-corrected chi connectivity index (χ1v) is 5.77. The van der Waals surface area contributed by atoms with Crippen molar-refractivity contribution in [1.29, 1.82) is 5.26 Å². The molecule has 1 aromatic heterocycles. The lowest BCUT2D eigenvalue weighted by atomic mass is 10.2. The maximum atomic E-state index is 8.83. The minimum Gasteiger partial charge on any atom is -0.493 e. The molecule has 0 aliphatic carbocycles. The summed E-state index contributed by atoms with van der Waals surface area (Å²) >= 11 is 5.76. The maximum Gasteiger partial charge on any atom is 0.225 e. The van der Waals surface area contributed by atoms with E-state index in [2.05, 4.69) is 9.97 Å². The van der Waals surface area contributed by atoms with Crippen LogP contribution in [-0.4, -0.2) is 17.1 Å². The molecule has 0 spiro atoms. The monoisotopic (exact) mass is 275 g/mol. The van der Waals surface area contributed by atoms with Gasteiger partial charge < -0.3 is 9.47 Å². The summed E-state index contributed by atoms with van der Waals surface area (Å²) in [6, 6.07) is 8.55. The summed E-state index contributed by atoms with van der Waals surface area (Å²) in [5.74, 6) is 1.22. The van der Waals surface area contributed by atoms with Gasteiger partial charge >= 0.3 is 0 Å². The average molecular weight is 276 g/mol. The first-order valence-electron chi connectivity index (χ1n) is 5.39. The normalized spacial score (nSPS) is 9.79. The molecule has 96 valence electrons. The fourth-order valence-corrected chi connectivity index (χ4v) is 1.71. The van der Waals surface area contributed by atoms with Gasteiger partial charge in [-0.1, -0.05) is 0 Å². The Kier molecular flexibility index (Phi) is 3.83. The molecule has 0 amide bonds. The molecule has 0 aliphatic heterocycles. The van der Waals surface area contributed by atoms with Gasteiger partial charge in [0.05, 0.1) is 18.7 Å². The van der Waals surface area contributed by atoms with E-state index in [0.29, 0.717) is 28.6 Å². The third kappa shape index (κ3) is 3.12. The molecule has 0 aliphatic rings. The van der Waals surface area contributed by atoms with Crippen molar-refractivity contribution in [3.63, 3.8) is 0 Å². The summed E-state index contributed by atoms with van der Waals surface area (Å²) in [6.45, 7) is 1.79. The Balaban J connectivity index is 2.35. The molecule has 0 fully saturated rings. The zero-order chi connectivity index (χ0) is 13.8. The van der Waals surface area contributed by atoms with Gasteiger partial charge in [-0.25, -0.2) is 4.98 Å². The van der Waals surface area contributed by atoms with Crippen LogP contribution in [0.1, 0.15) is 11.3 Å². The fourth-order valence-electron chi connectivity index (χ4n) is 1.49. The van der Waals surface area contributed by atoms with E-state index in [9.17, 15) is 0 Å². The predicted molar refractivity (Wildman–Crippen MR) is 69.6 cm³/mol. The first kappa shape index (κ1) is 13.1. The molecule has 0 radical (unpaired) electrons. The number of benzene rings is 1. The van der Waals surface area contributed by atoms with Crippen molar-refractivity contribution in [1.82, 2.24) is 9.97 Å². The lowest BCUT2D eigenvalue weighted by molar-refractivity contribution is 0.373. The summed E-state index contributed by atoms with van der Waals surface area (Å²) in [5.41, 5.74) is 1.18. The summed E-state index contributed by atoms with van der Waals surface area (Å²) in [5, 5.41) is 8.94. The van der Waals surface area contributed by atoms with Gasteiger partial charge in [-0.2, -0.15) is 10.2 Å². The SMILES string of the molecule is COc1cc(C#N)ccc1Oc1cc(C)nc(Cl)n1. The Morgan fingerprint density at radius 2 is 2.00 bits per heavy atom. The highest BCUT2D eigenvalue weighted by Crippen LogP contribution is 2.31. The molecule has 19 heavy (non-hydrogen) atoms. The highest BCUT2D eigenvalue weighted by Gasteiger charge is 2.09. The summed E-state index contributed by atoms with van der Waals surface area (Å²) < 4.78 is 10.8. The second-order valence-electron chi connectivity index (χ2n) is 3.70. The van der Waals surface area contributed by atoms with Gasteiger partial charge in [0.25, 0.3) is 0 Å². The molecule has 5 nitrogen and oxygen atoms in total. The number of hydrogen-bond donors (Lipinski definition) is 0. The molecule has 0 saturated carbocycles. The van der Waals surface area contributed by atoms with Gasteiger partial charge in [0.1, 0.15) is 0 Å². The molecule has 0 bridgehead atoms. The Hall–Kier alpha value is -2.32. The molecule has 0 atom stereocenters. The quantitative estimate of drug-likeness (QED) is 0.805. The van der Waals surface area contributed by atoms with Crippen LogP contribution in [0.2, 0.25) is 5.28 Å². The van der Waals surface area contributed by atoms with E-state index < -0.39 is 0 Å². The highest BCUT2D eigenvalue weighted by molar-refractivity contribution is 6.28. The van der Waals surface area contributed by atoms with Crippen LogP contribution in [0.4, 0.5) is 0 Å². The van der Waals surface area contributed by atoms with E-state index in [4.69, 9.17) is 26.3 Å². The molecule has 0 unspecified atom stereocenters. The van der Waals surface area contributed by atoms with E-state index in [-0.39, 0.29) is 5.28 Å². The average Bonchev–Trinajstić information content (AvgIpc) is 2.38. The van der Waals surface area contributed by atoms with Gasteiger partial charge in [0.2, 0.25) is 11.2 Å². The van der Waals surface area contributed by atoms with Gasteiger partial charge in [0.15, 0.2) is 11.5 Å². The first-order chi connectivity index (χ1) is 9.12. The Morgan fingerprint density at radius 1 is 1.21 bits per heavy atom. The van der Waals surface area contributed by atoms with Crippen molar-refractivity contribution in [3.05, 3.63) is 40.8 Å². The van der Waals surface area contributed by atoms with Crippen molar-refractivity contribution < 1.29 is 9.47 Å². The highest BCUT2D eigenvalue weighted by atomic mass is 35.5. The zero-order valence-electron chi connectivity index (χ0n) is 10.3. The number of hydrogen-bond acceptors (Lipinski definition) is 5. The number of methoxy groups -OCH3 is 1. The van der Waals surface area contributed by atoms with E-state index in [1.165, 1.54) is 7.11 Å². The van der Waals surface area contributed by atoms with Crippen LogP contribution in [0.25, 0.3) is 0 Å². The summed E-state index contributed by atoms with van der Waals surface area (Å²) in [6.07, 6.45) is 0. The smallest absolute Gasteiger partial charge is 0.225 e. The topological polar surface area (TPSA) is 68.0 Å². The number of halogens is 1. The van der Waals surface area contributed by atoms with Gasteiger partial charge in [-0.05, 0) is 30.7 Å². The number of ether oxygens (including phenoxy) is 2. The van der Waals surface area contributed by atoms with Crippen LogP contribution in [0.15, 0.2) is 24.3 Å². The van der Waals surface area contributed by atoms with Crippen molar-refractivity contribution in [2.24, 2.45) is 0 Å². The second-order valence-corrected chi connectivity index (χ2v) is 4.03. The molecule has 0 saturated heterocycles. The molecule has 2 rings (SSSR count). The summed E-state index contributed by atoms with van der Waals surface area (Å²) in [4.78, 5) is 7.90. The number of aromatic nitrogens is 2. The third-order valence-electron chi connectivity index (χ3n) is 2.31. The Morgan fingerprint density at radius 3 is 2.63 bits per heavy atom. The van der Waals surface area contributed by atoms with E-state index >= 15 is 0 Å². The number of rotatable bonds is 3. The van der Waals surface area contributed by atoms with E-state index in [0.717, 1.165) is 0 Å². The number of nitriles is 1. The van der Waals surface area contributed by atoms with Gasteiger partial charge in [-0.15, -0.1) is 0 Å². The van der Waals surface area contributed by atoms with Crippen LogP contribution >= 0.6 is 11.6 Å². The largest absolute Gasteiger partial charge is 0.493 e. The molecular formula is C13H10ClN3O2. The lowest BCUT2D eigenvalue weighted by Crippen LogP contribution is -1.95. The van der Waals surface area contributed by atoms with Crippen molar-refractivity contribution in [2.45, 2.75) is 6.92 Å². The van der Waals surface area contributed by atoms with Crippen molar-refractivity contribution in [2.75, 3.05) is 7.11 Å². The van der Waals surface area contributed by atoms with Gasteiger partial charge in [-0.3, -0.25) is 0 Å². The minimum absolute atomic E-state index is 0.114.